The van der Waals surface area contributed by atoms with Crippen LogP contribution in [0.1, 0.15) is 16.3 Å². The number of carbonyl (C=O) groups is 3. The number of thiazole rings is 1. The van der Waals surface area contributed by atoms with E-state index >= 15 is 0 Å². The number of anilines is 1. The van der Waals surface area contributed by atoms with Gasteiger partial charge in [0.2, 0.25) is 18.1 Å². The number of rotatable bonds is 5. The van der Waals surface area contributed by atoms with Crippen molar-refractivity contribution in [2.45, 2.75) is 6.42 Å². The molecular weight excluding hydrogens is 344 g/mol. The molecule has 0 saturated carbocycles. The van der Waals surface area contributed by atoms with Crippen LogP contribution in [0, 0.1) is 0 Å². The minimum atomic E-state index is -0.446. The van der Waals surface area contributed by atoms with Crippen LogP contribution in [0.25, 0.3) is 0 Å². The van der Waals surface area contributed by atoms with Crippen LogP contribution in [0.4, 0.5) is 5.13 Å². The second kappa shape index (κ2) is 7.79. The fraction of sp³-hybridized carbons (Fsp3) is 0.333. The quantitative estimate of drug-likeness (QED) is 0.754. The van der Waals surface area contributed by atoms with Crippen LogP contribution in [-0.2, 0) is 16.0 Å². The van der Waals surface area contributed by atoms with Gasteiger partial charge in [-0.25, -0.2) is 15.0 Å². The van der Waals surface area contributed by atoms with Crippen molar-refractivity contribution in [1.82, 2.24) is 24.8 Å². The first kappa shape index (κ1) is 17.0. The molecule has 1 aliphatic heterocycles. The summed E-state index contributed by atoms with van der Waals surface area (Å²) >= 11 is 1.24. The molecule has 2 aromatic rings. The molecule has 0 spiro atoms. The Morgan fingerprint density at radius 3 is 2.60 bits per heavy atom. The van der Waals surface area contributed by atoms with Gasteiger partial charge in [-0.15, -0.1) is 11.3 Å². The topological polar surface area (TPSA) is 108 Å². The highest BCUT2D eigenvalue weighted by atomic mass is 32.1. The molecule has 1 saturated heterocycles. The van der Waals surface area contributed by atoms with E-state index in [-0.39, 0.29) is 18.2 Å². The number of carbonyl (C=O) groups excluding carboxylic acids is 3. The predicted molar refractivity (Wildman–Crippen MR) is 90.0 cm³/mol. The lowest BCUT2D eigenvalue weighted by molar-refractivity contribution is -0.134. The Morgan fingerprint density at radius 2 is 1.92 bits per heavy atom. The fourth-order valence-electron chi connectivity index (χ4n) is 2.36. The lowest BCUT2D eigenvalue weighted by atomic mass is 10.2. The Balaban J connectivity index is 1.54. The number of hydrogen-bond donors (Lipinski definition) is 1. The standard InChI is InChI=1S/C15H16N6O3S/c22-10-20-4-6-21(7-5-20)12(23)8-11-9-25-15(18-11)19-14(24)13-16-2-1-3-17-13/h1-3,9-10H,4-8H2,(H,18,19,24). The summed E-state index contributed by atoms with van der Waals surface area (Å²) in [5, 5.41) is 4.75. The smallest absolute Gasteiger partial charge is 0.295 e. The molecule has 3 amide bonds. The molecule has 0 radical (unpaired) electrons. The highest BCUT2D eigenvalue weighted by molar-refractivity contribution is 7.14. The summed E-state index contributed by atoms with van der Waals surface area (Å²) in [5.74, 6) is -0.429. The largest absolute Gasteiger partial charge is 0.342 e. The van der Waals surface area contributed by atoms with Gasteiger partial charge in [-0.3, -0.25) is 19.7 Å². The molecule has 25 heavy (non-hydrogen) atoms. The third kappa shape index (κ3) is 4.35. The average molecular weight is 360 g/mol. The first-order chi connectivity index (χ1) is 12.2. The van der Waals surface area contributed by atoms with Crippen molar-refractivity contribution in [1.29, 1.82) is 0 Å². The molecule has 9 nitrogen and oxygen atoms in total. The van der Waals surface area contributed by atoms with Gasteiger partial charge < -0.3 is 9.80 Å². The molecule has 1 fully saturated rings. The lowest BCUT2D eigenvalue weighted by Crippen LogP contribution is -2.48. The molecular formula is C15H16N6O3S. The summed E-state index contributed by atoms with van der Waals surface area (Å²) in [6.07, 6.45) is 3.93. The third-order valence-electron chi connectivity index (χ3n) is 3.69. The molecule has 3 rings (SSSR count). The summed E-state index contributed by atoms with van der Waals surface area (Å²) in [6, 6.07) is 1.62. The molecule has 10 heteroatoms. The molecule has 3 heterocycles. The zero-order valence-electron chi connectivity index (χ0n) is 13.3. The zero-order valence-corrected chi connectivity index (χ0v) is 14.1. The summed E-state index contributed by atoms with van der Waals surface area (Å²) < 4.78 is 0. The molecule has 0 bridgehead atoms. The number of hydrogen-bond acceptors (Lipinski definition) is 7. The maximum atomic E-state index is 12.3. The first-order valence-electron chi connectivity index (χ1n) is 7.65. The van der Waals surface area contributed by atoms with Crippen molar-refractivity contribution in [2.75, 3.05) is 31.5 Å². The SMILES string of the molecule is O=CN1CCN(C(=O)Cc2csc(NC(=O)c3ncccn3)n2)CC1. The highest BCUT2D eigenvalue weighted by Crippen LogP contribution is 2.17. The minimum Gasteiger partial charge on any atom is -0.342 e. The van der Waals surface area contributed by atoms with E-state index in [9.17, 15) is 14.4 Å². The van der Waals surface area contributed by atoms with E-state index in [1.54, 1.807) is 21.2 Å². The fourth-order valence-corrected chi connectivity index (χ4v) is 3.06. The Hall–Kier alpha value is -2.88. The molecule has 0 aliphatic carbocycles. The Kier molecular flexibility index (Phi) is 5.29. The van der Waals surface area contributed by atoms with Gasteiger partial charge in [0.1, 0.15) is 0 Å². The number of piperazine rings is 1. The summed E-state index contributed by atoms with van der Waals surface area (Å²) in [6.45, 7) is 2.14. The Morgan fingerprint density at radius 1 is 1.20 bits per heavy atom. The van der Waals surface area contributed by atoms with Crippen LogP contribution in [0.2, 0.25) is 0 Å². The van der Waals surface area contributed by atoms with Gasteiger partial charge in [0.05, 0.1) is 12.1 Å². The number of nitrogens with zero attached hydrogens (tertiary/aromatic N) is 5. The molecule has 0 aromatic carbocycles. The van der Waals surface area contributed by atoms with Crippen molar-refractivity contribution in [3.63, 3.8) is 0 Å². The summed E-state index contributed by atoms with van der Waals surface area (Å²) in [5.41, 5.74) is 0.595. The van der Waals surface area contributed by atoms with Crippen LogP contribution in [0.3, 0.4) is 0 Å². The molecule has 0 unspecified atom stereocenters. The van der Waals surface area contributed by atoms with Gasteiger partial charge in [0.25, 0.3) is 5.91 Å². The van der Waals surface area contributed by atoms with Crippen molar-refractivity contribution in [3.05, 3.63) is 35.4 Å². The van der Waals surface area contributed by atoms with E-state index in [2.05, 4.69) is 20.3 Å². The van der Waals surface area contributed by atoms with Gasteiger partial charge in [0.15, 0.2) is 5.13 Å². The van der Waals surface area contributed by atoms with E-state index in [1.165, 1.54) is 23.7 Å². The van der Waals surface area contributed by atoms with Crippen LogP contribution in [0.15, 0.2) is 23.8 Å². The molecule has 1 aliphatic rings. The van der Waals surface area contributed by atoms with Gasteiger partial charge in [-0.1, -0.05) is 0 Å². The van der Waals surface area contributed by atoms with Crippen molar-refractivity contribution < 1.29 is 14.4 Å². The molecule has 2 aromatic heterocycles. The predicted octanol–water partition coefficient (Wildman–Crippen LogP) is 0.0285. The minimum absolute atomic E-state index is 0.0416. The zero-order chi connectivity index (χ0) is 17.6. The van der Waals surface area contributed by atoms with Crippen LogP contribution >= 0.6 is 11.3 Å². The maximum absolute atomic E-state index is 12.3. The normalized spacial score (nSPS) is 14.2. The van der Waals surface area contributed by atoms with Crippen molar-refractivity contribution in [2.24, 2.45) is 0 Å². The lowest BCUT2D eigenvalue weighted by Gasteiger charge is -2.32. The molecule has 1 N–H and O–H groups in total. The van der Waals surface area contributed by atoms with Crippen molar-refractivity contribution in [3.8, 4) is 0 Å². The van der Waals surface area contributed by atoms with E-state index in [0.29, 0.717) is 37.0 Å². The Labute approximate surface area is 147 Å². The number of aromatic nitrogens is 3. The highest BCUT2D eigenvalue weighted by Gasteiger charge is 2.21. The van der Waals surface area contributed by atoms with Gasteiger partial charge in [-0.2, -0.15) is 0 Å². The second-order valence-corrected chi connectivity index (χ2v) is 6.23. The summed E-state index contributed by atoms with van der Waals surface area (Å²) in [4.78, 5) is 50.3. The summed E-state index contributed by atoms with van der Waals surface area (Å²) in [7, 11) is 0. The van der Waals surface area contributed by atoms with E-state index < -0.39 is 5.91 Å². The van der Waals surface area contributed by atoms with Crippen LogP contribution in [0.5, 0.6) is 0 Å². The van der Waals surface area contributed by atoms with Gasteiger partial charge in [-0.05, 0) is 6.07 Å². The number of amides is 3. The average Bonchev–Trinajstić information content (AvgIpc) is 3.09. The maximum Gasteiger partial charge on any atom is 0.295 e. The Bertz CT molecular complexity index is 758. The van der Waals surface area contributed by atoms with Crippen LogP contribution in [-0.4, -0.2) is 69.2 Å². The first-order valence-corrected chi connectivity index (χ1v) is 8.53. The molecule has 0 atom stereocenters. The van der Waals surface area contributed by atoms with E-state index in [1.807, 2.05) is 0 Å². The third-order valence-corrected chi connectivity index (χ3v) is 4.50. The van der Waals surface area contributed by atoms with Crippen molar-refractivity contribution >= 4 is 34.7 Å². The van der Waals surface area contributed by atoms with E-state index in [0.717, 1.165) is 6.41 Å². The monoisotopic (exact) mass is 360 g/mol. The van der Waals surface area contributed by atoms with Crippen LogP contribution < -0.4 is 5.32 Å². The number of nitrogens with one attached hydrogen (secondary N) is 1. The van der Waals surface area contributed by atoms with E-state index in [4.69, 9.17) is 0 Å². The molecule has 130 valence electrons. The second-order valence-electron chi connectivity index (χ2n) is 5.37. The van der Waals surface area contributed by atoms with Gasteiger partial charge >= 0.3 is 0 Å². The van der Waals surface area contributed by atoms with Gasteiger partial charge in [0, 0.05) is 44.0 Å².